The molecule has 2 atom stereocenters. The summed E-state index contributed by atoms with van der Waals surface area (Å²) < 4.78 is 1.22. The monoisotopic (exact) mass is 274 g/mol. The maximum absolute atomic E-state index is 12.3. The minimum Gasteiger partial charge on any atom is -0.349 e. The van der Waals surface area contributed by atoms with Gasteiger partial charge in [0.15, 0.2) is 0 Å². The highest BCUT2D eigenvalue weighted by Gasteiger charge is 2.27. The third kappa shape index (κ3) is 2.51. The second kappa shape index (κ2) is 5.31. The van der Waals surface area contributed by atoms with Crippen LogP contribution >= 0.6 is 11.3 Å². The lowest BCUT2D eigenvalue weighted by molar-refractivity contribution is 0.0929. The van der Waals surface area contributed by atoms with Crippen LogP contribution in [0.3, 0.4) is 0 Å². The molecule has 3 rings (SSSR count). The first kappa shape index (κ1) is 12.6. The molecule has 100 valence electrons. The molecule has 1 aromatic heterocycles. The van der Waals surface area contributed by atoms with Crippen LogP contribution in [0.25, 0.3) is 10.1 Å². The van der Waals surface area contributed by atoms with E-state index in [0.29, 0.717) is 12.5 Å². The quantitative estimate of drug-likeness (QED) is 0.904. The standard InChI is InChI=1S/C15H18N2OS/c16-9-12-2-1-3-13(12)17-15(18)11-4-5-14-10(8-11)6-7-19-14/h4-8,12-13H,1-3,9,16H2,(H,17,18). The van der Waals surface area contributed by atoms with Crippen molar-refractivity contribution in [3.05, 3.63) is 35.2 Å². The van der Waals surface area contributed by atoms with Crippen molar-refractivity contribution in [3.63, 3.8) is 0 Å². The smallest absolute Gasteiger partial charge is 0.251 e. The number of carbonyl (C=O) groups is 1. The Balaban J connectivity index is 1.76. The zero-order chi connectivity index (χ0) is 13.2. The van der Waals surface area contributed by atoms with E-state index in [4.69, 9.17) is 5.73 Å². The minimum atomic E-state index is 0.0263. The van der Waals surface area contributed by atoms with Gasteiger partial charge < -0.3 is 11.1 Å². The second-order valence-corrected chi connectivity index (χ2v) is 6.13. The molecule has 3 N–H and O–H groups in total. The van der Waals surface area contributed by atoms with E-state index in [2.05, 4.69) is 11.4 Å². The number of rotatable bonds is 3. The average molecular weight is 274 g/mol. The molecule has 2 unspecified atom stereocenters. The van der Waals surface area contributed by atoms with Crippen molar-refractivity contribution in [1.82, 2.24) is 5.32 Å². The summed E-state index contributed by atoms with van der Waals surface area (Å²) >= 11 is 1.70. The number of thiophene rings is 1. The van der Waals surface area contributed by atoms with Gasteiger partial charge in [0, 0.05) is 16.3 Å². The molecule has 19 heavy (non-hydrogen) atoms. The van der Waals surface area contributed by atoms with Crippen molar-refractivity contribution in [2.45, 2.75) is 25.3 Å². The summed E-state index contributed by atoms with van der Waals surface area (Å²) in [5, 5.41) is 6.33. The van der Waals surface area contributed by atoms with Crippen molar-refractivity contribution in [2.75, 3.05) is 6.54 Å². The Morgan fingerprint density at radius 2 is 2.26 bits per heavy atom. The van der Waals surface area contributed by atoms with Gasteiger partial charge in [-0.25, -0.2) is 0 Å². The van der Waals surface area contributed by atoms with Crippen LogP contribution in [0.15, 0.2) is 29.6 Å². The molecule has 1 heterocycles. The molecule has 0 bridgehead atoms. The number of hydrogen-bond acceptors (Lipinski definition) is 3. The fourth-order valence-electron chi connectivity index (χ4n) is 2.87. The van der Waals surface area contributed by atoms with E-state index in [1.54, 1.807) is 11.3 Å². The van der Waals surface area contributed by atoms with Gasteiger partial charge in [-0.15, -0.1) is 11.3 Å². The van der Waals surface area contributed by atoms with Gasteiger partial charge in [0.2, 0.25) is 0 Å². The Morgan fingerprint density at radius 3 is 3.11 bits per heavy atom. The molecule has 0 radical (unpaired) electrons. The molecule has 1 amide bonds. The molecular weight excluding hydrogens is 256 g/mol. The van der Waals surface area contributed by atoms with E-state index in [0.717, 1.165) is 30.2 Å². The predicted octanol–water partition coefficient (Wildman–Crippen LogP) is 2.76. The molecule has 1 fully saturated rings. The van der Waals surface area contributed by atoms with Gasteiger partial charge >= 0.3 is 0 Å². The highest BCUT2D eigenvalue weighted by molar-refractivity contribution is 7.17. The largest absolute Gasteiger partial charge is 0.349 e. The molecule has 1 aliphatic rings. The summed E-state index contributed by atoms with van der Waals surface area (Å²) in [4.78, 5) is 12.3. The Hall–Kier alpha value is -1.39. The first-order valence-corrected chi connectivity index (χ1v) is 7.64. The maximum atomic E-state index is 12.3. The number of nitrogens with two attached hydrogens (primary N) is 1. The molecule has 0 spiro atoms. The third-order valence-electron chi connectivity index (χ3n) is 3.99. The lowest BCUT2D eigenvalue weighted by atomic mass is 10.0. The molecule has 0 saturated heterocycles. The summed E-state index contributed by atoms with van der Waals surface area (Å²) in [6.07, 6.45) is 3.34. The van der Waals surface area contributed by atoms with Gasteiger partial charge in [0.05, 0.1) is 0 Å². The zero-order valence-electron chi connectivity index (χ0n) is 10.8. The van der Waals surface area contributed by atoms with Crippen molar-refractivity contribution in [1.29, 1.82) is 0 Å². The van der Waals surface area contributed by atoms with Crippen LogP contribution in [-0.2, 0) is 0 Å². The molecule has 1 aromatic carbocycles. The molecule has 3 nitrogen and oxygen atoms in total. The van der Waals surface area contributed by atoms with Crippen LogP contribution in [0.4, 0.5) is 0 Å². The Labute approximate surface area is 116 Å². The Bertz CT molecular complexity index is 593. The first-order valence-electron chi connectivity index (χ1n) is 6.76. The van der Waals surface area contributed by atoms with Crippen LogP contribution in [0.5, 0.6) is 0 Å². The first-order chi connectivity index (χ1) is 9.28. The van der Waals surface area contributed by atoms with Crippen LogP contribution in [0.2, 0.25) is 0 Å². The SMILES string of the molecule is NCC1CCCC1NC(=O)c1ccc2sccc2c1. The number of benzene rings is 1. The van der Waals surface area contributed by atoms with E-state index in [-0.39, 0.29) is 11.9 Å². The molecular formula is C15H18N2OS. The number of hydrogen-bond donors (Lipinski definition) is 2. The van der Waals surface area contributed by atoms with E-state index < -0.39 is 0 Å². The third-order valence-corrected chi connectivity index (χ3v) is 4.89. The summed E-state index contributed by atoms with van der Waals surface area (Å²) in [6.45, 7) is 0.661. The lowest BCUT2D eigenvalue weighted by Crippen LogP contribution is -2.39. The van der Waals surface area contributed by atoms with Crippen molar-refractivity contribution >= 4 is 27.3 Å². The van der Waals surface area contributed by atoms with Gasteiger partial charge in [-0.05, 0) is 60.3 Å². The molecule has 1 aliphatic carbocycles. The van der Waals surface area contributed by atoms with E-state index in [9.17, 15) is 4.79 Å². The number of amides is 1. The average Bonchev–Trinajstić information content (AvgIpc) is 3.05. The molecule has 4 heteroatoms. The number of nitrogens with one attached hydrogen (secondary N) is 1. The molecule has 1 saturated carbocycles. The molecule has 0 aliphatic heterocycles. The van der Waals surface area contributed by atoms with Crippen LogP contribution in [0.1, 0.15) is 29.6 Å². The summed E-state index contributed by atoms with van der Waals surface area (Å²) in [6, 6.07) is 8.18. The number of fused-ring (bicyclic) bond motifs is 1. The normalized spacial score (nSPS) is 22.8. The van der Waals surface area contributed by atoms with Crippen LogP contribution in [0, 0.1) is 5.92 Å². The van der Waals surface area contributed by atoms with Gasteiger partial charge in [0.1, 0.15) is 0 Å². The topological polar surface area (TPSA) is 55.1 Å². The highest BCUT2D eigenvalue weighted by atomic mass is 32.1. The lowest BCUT2D eigenvalue weighted by Gasteiger charge is -2.19. The van der Waals surface area contributed by atoms with Gasteiger partial charge in [-0.2, -0.15) is 0 Å². The van der Waals surface area contributed by atoms with Crippen molar-refractivity contribution in [2.24, 2.45) is 11.7 Å². The maximum Gasteiger partial charge on any atom is 0.251 e. The Kier molecular flexibility index (Phi) is 3.53. The highest BCUT2D eigenvalue weighted by Crippen LogP contribution is 2.26. The van der Waals surface area contributed by atoms with E-state index in [1.165, 1.54) is 4.70 Å². The van der Waals surface area contributed by atoms with Crippen molar-refractivity contribution in [3.8, 4) is 0 Å². The van der Waals surface area contributed by atoms with Gasteiger partial charge in [-0.3, -0.25) is 4.79 Å². The van der Waals surface area contributed by atoms with Gasteiger partial charge in [-0.1, -0.05) is 6.42 Å². The van der Waals surface area contributed by atoms with E-state index >= 15 is 0 Å². The second-order valence-electron chi connectivity index (χ2n) is 5.18. The van der Waals surface area contributed by atoms with E-state index in [1.807, 2.05) is 23.6 Å². The fourth-order valence-corrected chi connectivity index (χ4v) is 3.64. The molecule has 2 aromatic rings. The van der Waals surface area contributed by atoms with Crippen molar-refractivity contribution < 1.29 is 4.79 Å². The van der Waals surface area contributed by atoms with Gasteiger partial charge in [0.25, 0.3) is 5.91 Å². The summed E-state index contributed by atoms with van der Waals surface area (Å²) in [5.41, 5.74) is 6.49. The minimum absolute atomic E-state index is 0.0263. The summed E-state index contributed by atoms with van der Waals surface area (Å²) in [5.74, 6) is 0.465. The summed E-state index contributed by atoms with van der Waals surface area (Å²) in [7, 11) is 0. The predicted molar refractivity (Wildman–Crippen MR) is 79.5 cm³/mol. The zero-order valence-corrected chi connectivity index (χ0v) is 11.6. The fraction of sp³-hybridized carbons (Fsp3) is 0.400. The Morgan fingerprint density at radius 1 is 1.37 bits per heavy atom. The van der Waals surface area contributed by atoms with Crippen LogP contribution < -0.4 is 11.1 Å². The number of carbonyl (C=O) groups excluding carboxylic acids is 1. The van der Waals surface area contributed by atoms with Crippen LogP contribution in [-0.4, -0.2) is 18.5 Å².